The Kier molecular flexibility index (Phi) is 7.62. The highest BCUT2D eigenvalue weighted by Crippen LogP contribution is 2.32. The molecule has 8 nitrogen and oxygen atoms in total. The largest absolute Gasteiger partial charge is 0.394 e. The number of aromatic nitrogens is 1. The van der Waals surface area contributed by atoms with Crippen molar-refractivity contribution in [2.45, 2.75) is 34.8 Å². The van der Waals surface area contributed by atoms with Gasteiger partial charge in [0.05, 0.1) is 17.7 Å². The van der Waals surface area contributed by atoms with Crippen LogP contribution in [0.25, 0.3) is 5.70 Å². The summed E-state index contributed by atoms with van der Waals surface area (Å²) >= 11 is 1.07. The maximum Gasteiger partial charge on any atom is 0.194 e. The van der Waals surface area contributed by atoms with Crippen molar-refractivity contribution in [2.24, 2.45) is 5.11 Å². The van der Waals surface area contributed by atoms with E-state index in [1.807, 2.05) is 0 Å². The van der Waals surface area contributed by atoms with Crippen LogP contribution in [-0.2, 0) is 4.74 Å². The number of hydrogen-bond acceptors (Lipinski definition) is 9. The molecule has 0 aliphatic carbocycles. The first-order valence-electron chi connectivity index (χ1n) is 9.04. The molecule has 2 heterocycles. The summed E-state index contributed by atoms with van der Waals surface area (Å²) in [6.45, 7) is -0.543. The van der Waals surface area contributed by atoms with E-state index < -0.39 is 53.8 Å². The Morgan fingerprint density at radius 1 is 1.23 bits per heavy atom. The van der Waals surface area contributed by atoms with Crippen molar-refractivity contribution < 1.29 is 33.2 Å². The second-order valence-corrected chi connectivity index (χ2v) is 7.70. The molecule has 1 aromatic heterocycles. The lowest BCUT2D eigenvalue weighted by atomic mass is 9.97. The van der Waals surface area contributed by atoms with Crippen LogP contribution in [0.5, 0.6) is 0 Å². The highest BCUT2D eigenvalue weighted by atomic mass is 32.2. The van der Waals surface area contributed by atoms with Gasteiger partial charge in [-0.05, 0) is 24.3 Å². The number of ether oxygens (including phenoxy) is 1. The number of benzene rings is 1. The van der Waals surface area contributed by atoms with Gasteiger partial charge in [0.25, 0.3) is 0 Å². The van der Waals surface area contributed by atoms with Gasteiger partial charge < -0.3 is 25.4 Å². The molecule has 0 spiro atoms. The molecule has 0 radical (unpaired) electrons. The van der Waals surface area contributed by atoms with Crippen LogP contribution in [0.1, 0.15) is 5.56 Å². The average molecular weight is 456 g/mol. The third-order valence-electron chi connectivity index (χ3n) is 4.57. The first-order valence-corrected chi connectivity index (χ1v) is 9.92. The fourth-order valence-electron chi connectivity index (χ4n) is 2.98. The molecule has 1 aromatic carbocycles. The Morgan fingerprint density at radius 3 is 2.52 bits per heavy atom. The van der Waals surface area contributed by atoms with E-state index in [-0.39, 0.29) is 11.3 Å². The number of thioether (sulfide) groups is 1. The number of hydrogen-bond donors (Lipinski definition) is 5. The highest BCUT2D eigenvalue weighted by molar-refractivity contribution is 7.99. The van der Waals surface area contributed by atoms with Crippen LogP contribution in [0.2, 0.25) is 0 Å². The van der Waals surface area contributed by atoms with Crippen LogP contribution in [0.15, 0.2) is 52.9 Å². The third-order valence-corrected chi connectivity index (χ3v) is 5.68. The van der Waals surface area contributed by atoms with Crippen LogP contribution >= 0.6 is 11.8 Å². The Morgan fingerprint density at radius 2 is 1.94 bits per heavy atom. The standard InChI is InChI=1S/C19H19F3N4O4S/c20-10-5-9(6-11(21)15(10)22)12(26-23)7-25-16-17(28)13(8-27)30-19(18(16)29)31-14-3-1-2-4-24-14/h1-7,13,16-19,23,25,27-29H,8H2/b12-7-,26-23?/t13-,16?,17-,18?,19+/m0/s1. The topological polar surface area (TPSA) is 131 Å². The van der Waals surface area contributed by atoms with Crippen molar-refractivity contribution in [3.05, 3.63) is 65.7 Å². The molecule has 31 heavy (non-hydrogen) atoms. The average Bonchev–Trinajstić information content (AvgIpc) is 2.77. The van der Waals surface area contributed by atoms with E-state index in [1.54, 1.807) is 24.4 Å². The fraction of sp³-hybridized carbons (Fsp3) is 0.316. The Labute approximate surface area is 179 Å². The predicted octanol–water partition coefficient (Wildman–Crippen LogP) is 2.02. The zero-order valence-electron chi connectivity index (χ0n) is 15.8. The molecule has 1 aliphatic rings. The van der Waals surface area contributed by atoms with Crippen LogP contribution in [0, 0.1) is 23.0 Å². The summed E-state index contributed by atoms with van der Waals surface area (Å²) in [7, 11) is 0. The van der Waals surface area contributed by atoms with Gasteiger partial charge in [0.1, 0.15) is 29.4 Å². The van der Waals surface area contributed by atoms with Gasteiger partial charge >= 0.3 is 0 Å². The molecule has 2 unspecified atom stereocenters. The molecule has 0 saturated carbocycles. The second kappa shape index (κ2) is 10.2. The first-order chi connectivity index (χ1) is 14.8. The van der Waals surface area contributed by atoms with E-state index in [2.05, 4.69) is 15.4 Å². The van der Waals surface area contributed by atoms with Crippen molar-refractivity contribution in [2.75, 3.05) is 6.61 Å². The predicted molar refractivity (Wildman–Crippen MR) is 104 cm³/mol. The molecule has 1 saturated heterocycles. The minimum absolute atomic E-state index is 0.229. The van der Waals surface area contributed by atoms with E-state index in [0.29, 0.717) is 17.2 Å². The van der Waals surface area contributed by atoms with Crippen molar-refractivity contribution in [1.82, 2.24) is 10.3 Å². The molecule has 3 rings (SSSR count). The van der Waals surface area contributed by atoms with Gasteiger partial charge in [-0.2, -0.15) is 5.11 Å². The van der Waals surface area contributed by atoms with Crippen molar-refractivity contribution >= 4 is 17.5 Å². The second-order valence-electron chi connectivity index (χ2n) is 6.58. The minimum Gasteiger partial charge on any atom is -0.394 e. The molecule has 5 atom stereocenters. The third kappa shape index (κ3) is 5.22. The molecule has 12 heteroatoms. The lowest BCUT2D eigenvalue weighted by Crippen LogP contribution is -2.62. The number of nitrogens with one attached hydrogen (secondary N) is 2. The summed E-state index contributed by atoms with van der Waals surface area (Å²) in [5, 5.41) is 37.1. The van der Waals surface area contributed by atoms with Gasteiger partial charge in [-0.25, -0.2) is 23.7 Å². The Balaban J connectivity index is 1.83. The van der Waals surface area contributed by atoms with E-state index in [4.69, 9.17) is 10.3 Å². The van der Waals surface area contributed by atoms with Gasteiger partial charge in [-0.15, -0.1) is 0 Å². The fourth-order valence-corrected chi connectivity index (χ4v) is 4.00. The minimum atomic E-state index is -1.66. The number of aliphatic hydroxyl groups is 3. The SMILES string of the molecule is N=N/C(=C\NC1C(O)[C@@H](Sc2ccccn2)O[C@@H](CO)[C@@H]1O)c1cc(F)c(F)c(F)c1. The van der Waals surface area contributed by atoms with E-state index in [1.165, 1.54) is 0 Å². The van der Waals surface area contributed by atoms with Crippen molar-refractivity contribution in [1.29, 1.82) is 5.53 Å². The molecule has 2 aromatic rings. The summed E-state index contributed by atoms with van der Waals surface area (Å²) in [5.41, 5.74) is 5.82. The van der Waals surface area contributed by atoms with Gasteiger partial charge in [0, 0.05) is 18.0 Å². The molecule has 5 N–H and O–H groups in total. The molecule has 0 amide bonds. The van der Waals surface area contributed by atoms with E-state index in [0.717, 1.165) is 18.0 Å². The summed E-state index contributed by atoms with van der Waals surface area (Å²) in [4.78, 5) is 4.13. The normalized spacial score (nSPS) is 26.5. The van der Waals surface area contributed by atoms with Gasteiger partial charge in [-0.3, -0.25) is 0 Å². The highest BCUT2D eigenvalue weighted by Gasteiger charge is 2.44. The molecular weight excluding hydrogens is 437 g/mol. The van der Waals surface area contributed by atoms with Gasteiger partial charge in [-0.1, -0.05) is 17.8 Å². The number of rotatable bonds is 7. The lowest BCUT2D eigenvalue weighted by Gasteiger charge is -2.42. The summed E-state index contributed by atoms with van der Waals surface area (Å²) in [6.07, 6.45) is -1.12. The smallest absolute Gasteiger partial charge is 0.194 e. The number of aliphatic hydroxyl groups excluding tert-OH is 3. The molecular formula is C19H19F3N4O4S. The number of halogens is 3. The van der Waals surface area contributed by atoms with Gasteiger partial charge in [0.15, 0.2) is 17.5 Å². The Bertz CT molecular complexity index is 930. The molecule has 166 valence electrons. The van der Waals surface area contributed by atoms with Crippen molar-refractivity contribution in [3.63, 3.8) is 0 Å². The summed E-state index contributed by atoms with van der Waals surface area (Å²) in [5.74, 6) is -4.57. The zero-order valence-corrected chi connectivity index (χ0v) is 16.6. The van der Waals surface area contributed by atoms with Crippen LogP contribution < -0.4 is 5.32 Å². The maximum atomic E-state index is 13.5. The van der Waals surface area contributed by atoms with Crippen molar-refractivity contribution in [3.8, 4) is 0 Å². The molecule has 1 aliphatic heterocycles. The first kappa shape index (κ1) is 23.2. The van der Waals surface area contributed by atoms with Gasteiger partial charge in [0.2, 0.25) is 0 Å². The maximum absolute atomic E-state index is 13.5. The summed E-state index contributed by atoms with van der Waals surface area (Å²) in [6, 6.07) is 5.37. The Hall–Kier alpha value is -2.51. The van der Waals surface area contributed by atoms with E-state index in [9.17, 15) is 28.5 Å². The van der Waals surface area contributed by atoms with Crippen LogP contribution in [0.4, 0.5) is 13.2 Å². The summed E-state index contributed by atoms with van der Waals surface area (Å²) < 4.78 is 45.8. The van der Waals surface area contributed by atoms with E-state index >= 15 is 0 Å². The van der Waals surface area contributed by atoms with Crippen LogP contribution in [0.3, 0.4) is 0 Å². The van der Waals surface area contributed by atoms with Crippen LogP contribution in [-0.4, -0.2) is 56.7 Å². The number of pyridine rings is 1. The quantitative estimate of drug-likeness (QED) is 0.318. The number of nitrogens with zero attached hydrogens (tertiary/aromatic N) is 2. The lowest BCUT2D eigenvalue weighted by molar-refractivity contribution is -0.164. The molecule has 0 bridgehead atoms. The zero-order chi connectivity index (χ0) is 22.5. The monoisotopic (exact) mass is 456 g/mol. The molecule has 1 fully saturated rings.